The van der Waals surface area contributed by atoms with Crippen LogP contribution in [-0.4, -0.2) is 50.3 Å². The molecule has 0 spiro atoms. The van der Waals surface area contributed by atoms with E-state index in [0.717, 1.165) is 13.2 Å². The molecule has 0 N–H and O–H groups in total. The number of hydrogen-bond acceptors (Lipinski definition) is 4. The van der Waals surface area contributed by atoms with Crippen molar-refractivity contribution in [3.05, 3.63) is 0 Å². The zero-order valence-corrected chi connectivity index (χ0v) is 27.1. The third-order valence-corrected chi connectivity index (χ3v) is 7.99. The van der Waals surface area contributed by atoms with Gasteiger partial charge in [-0.25, -0.2) is 0 Å². The van der Waals surface area contributed by atoms with Gasteiger partial charge in [-0.2, -0.15) is 0 Å². The van der Waals surface area contributed by atoms with E-state index in [1.54, 1.807) is 0 Å². The zero-order valence-electron chi connectivity index (χ0n) is 27.1. The smallest absolute Gasteiger partial charge is 0.305 e. The summed E-state index contributed by atoms with van der Waals surface area (Å²) in [5.41, 5.74) is 0. The van der Waals surface area contributed by atoms with Crippen molar-refractivity contribution in [2.45, 2.75) is 181 Å². The average molecular weight is 554 g/mol. The minimum atomic E-state index is -0.140. The minimum Gasteiger partial charge on any atom is -0.463 e. The van der Waals surface area contributed by atoms with Crippen LogP contribution in [-0.2, 0) is 14.3 Å². The molecule has 0 unspecified atom stereocenters. The molecule has 234 valence electrons. The van der Waals surface area contributed by atoms with Crippen molar-refractivity contribution in [1.82, 2.24) is 4.90 Å². The third-order valence-electron chi connectivity index (χ3n) is 7.99. The van der Waals surface area contributed by atoms with Crippen molar-refractivity contribution in [2.75, 3.05) is 39.5 Å². The first-order valence-electron chi connectivity index (χ1n) is 17.7. The second-order valence-corrected chi connectivity index (χ2v) is 11.8. The van der Waals surface area contributed by atoms with Crippen LogP contribution in [0.1, 0.15) is 181 Å². The Hall–Kier alpha value is -0.610. The highest BCUT2D eigenvalue weighted by atomic mass is 16.6. The van der Waals surface area contributed by atoms with Crippen LogP contribution in [0.4, 0.5) is 0 Å². The lowest BCUT2D eigenvalue weighted by atomic mass is 10.0. The molecule has 0 saturated carbocycles. The molecule has 0 radical (unpaired) electrons. The van der Waals surface area contributed by atoms with E-state index in [0.29, 0.717) is 19.6 Å². The summed E-state index contributed by atoms with van der Waals surface area (Å²) in [6.07, 6.45) is 34.1. The molecule has 0 rings (SSSR count). The Bertz CT molecular complexity index is 471. The molecule has 0 aromatic heterocycles. The lowest BCUT2D eigenvalue weighted by molar-refractivity contribution is -0.144. The summed E-state index contributed by atoms with van der Waals surface area (Å²) in [5, 5.41) is 0. The summed E-state index contributed by atoms with van der Waals surface area (Å²) in [6, 6.07) is 0. The van der Waals surface area contributed by atoms with E-state index in [9.17, 15) is 4.79 Å². The zero-order chi connectivity index (χ0) is 28.5. The van der Waals surface area contributed by atoms with Crippen molar-refractivity contribution in [1.29, 1.82) is 0 Å². The van der Waals surface area contributed by atoms with Crippen molar-refractivity contribution >= 4 is 5.97 Å². The van der Waals surface area contributed by atoms with Gasteiger partial charge < -0.3 is 14.4 Å². The van der Waals surface area contributed by atoms with Crippen LogP contribution in [0.15, 0.2) is 0 Å². The normalized spacial score (nSPS) is 11.5. The lowest BCUT2D eigenvalue weighted by Gasteiger charge is -2.22. The molecule has 0 aliphatic rings. The molecule has 0 bridgehead atoms. The van der Waals surface area contributed by atoms with E-state index < -0.39 is 0 Å². The highest BCUT2D eigenvalue weighted by molar-refractivity contribution is 5.68. The summed E-state index contributed by atoms with van der Waals surface area (Å²) < 4.78 is 10.9. The van der Waals surface area contributed by atoms with E-state index in [1.165, 1.54) is 167 Å². The monoisotopic (exact) mass is 554 g/mol. The fourth-order valence-electron chi connectivity index (χ4n) is 5.30. The summed E-state index contributed by atoms with van der Waals surface area (Å²) in [6.45, 7) is 11.4. The maximum atomic E-state index is 11.3. The first-order chi connectivity index (χ1) is 19.2. The molecule has 0 amide bonds. The second-order valence-electron chi connectivity index (χ2n) is 11.8. The SMILES string of the molecule is CCCCCCCCCCCCCCCCN(CCCCCCCCCCCC)CCOCCOC(=O)CC. The third kappa shape index (κ3) is 31.8. The van der Waals surface area contributed by atoms with E-state index >= 15 is 0 Å². The predicted octanol–water partition coefficient (Wildman–Crippen LogP) is 10.7. The van der Waals surface area contributed by atoms with E-state index in [-0.39, 0.29) is 5.97 Å². The molecule has 0 heterocycles. The molecule has 0 saturated heterocycles. The van der Waals surface area contributed by atoms with Gasteiger partial charge in [0.05, 0.1) is 13.2 Å². The number of unbranched alkanes of at least 4 members (excludes halogenated alkanes) is 22. The Morgan fingerprint density at radius 1 is 0.436 bits per heavy atom. The molecule has 0 aromatic rings. The fourth-order valence-corrected chi connectivity index (χ4v) is 5.30. The van der Waals surface area contributed by atoms with Gasteiger partial charge in [-0.3, -0.25) is 4.79 Å². The van der Waals surface area contributed by atoms with Crippen LogP contribution >= 0.6 is 0 Å². The summed E-state index contributed by atoms with van der Waals surface area (Å²) >= 11 is 0. The number of carbonyl (C=O) groups excluding carboxylic acids is 1. The van der Waals surface area contributed by atoms with Gasteiger partial charge >= 0.3 is 5.97 Å². The largest absolute Gasteiger partial charge is 0.463 e. The summed E-state index contributed by atoms with van der Waals surface area (Å²) in [7, 11) is 0. The minimum absolute atomic E-state index is 0.140. The Morgan fingerprint density at radius 3 is 1.15 bits per heavy atom. The van der Waals surface area contributed by atoms with Crippen LogP contribution in [0, 0.1) is 0 Å². The van der Waals surface area contributed by atoms with Crippen LogP contribution in [0.25, 0.3) is 0 Å². The number of nitrogens with zero attached hydrogens (tertiary/aromatic N) is 1. The predicted molar refractivity (Wildman–Crippen MR) is 171 cm³/mol. The van der Waals surface area contributed by atoms with Crippen molar-refractivity contribution < 1.29 is 14.3 Å². The Labute approximate surface area is 245 Å². The molecule has 0 aliphatic carbocycles. The Balaban J connectivity index is 3.85. The van der Waals surface area contributed by atoms with E-state index in [1.807, 2.05) is 6.92 Å². The summed E-state index contributed by atoms with van der Waals surface area (Å²) in [4.78, 5) is 13.9. The van der Waals surface area contributed by atoms with Gasteiger partial charge in [0.25, 0.3) is 0 Å². The topological polar surface area (TPSA) is 38.8 Å². The lowest BCUT2D eigenvalue weighted by Crippen LogP contribution is -2.30. The molecule has 0 aromatic carbocycles. The van der Waals surface area contributed by atoms with Gasteiger partial charge in [0.2, 0.25) is 0 Å². The van der Waals surface area contributed by atoms with Crippen LogP contribution < -0.4 is 0 Å². The maximum Gasteiger partial charge on any atom is 0.305 e. The molecule has 39 heavy (non-hydrogen) atoms. The molecular weight excluding hydrogens is 482 g/mol. The second kappa shape index (κ2) is 33.6. The van der Waals surface area contributed by atoms with Gasteiger partial charge in [-0.1, -0.05) is 162 Å². The molecule has 4 nitrogen and oxygen atoms in total. The fraction of sp³-hybridized carbons (Fsp3) is 0.971. The van der Waals surface area contributed by atoms with E-state index in [2.05, 4.69) is 18.7 Å². The molecule has 4 heteroatoms. The van der Waals surface area contributed by atoms with Gasteiger partial charge in [0.1, 0.15) is 6.61 Å². The molecule has 0 aliphatic heterocycles. The molecular formula is C35H71NO3. The highest BCUT2D eigenvalue weighted by Gasteiger charge is 2.06. The number of ether oxygens (including phenoxy) is 2. The first kappa shape index (κ1) is 38.4. The van der Waals surface area contributed by atoms with Crippen LogP contribution in [0.5, 0.6) is 0 Å². The van der Waals surface area contributed by atoms with Gasteiger partial charge in [-0.05, 0) is 25.9 Å². The maximum absolute atomic E-state index is 11.3. The Kier molecular flexibility index (Phi) is 33.1. The number of esters is 1. The van der Waals surface area contributed by atoms with Crippen LogP contribution in [0.3, 0.4) is 0 Å². The van der Waals surface area contributed by atoms with E-state index in [4.69, 9.17) is 9.47 Å². The summed E-state index contributed by atoms with van der Waals surface area (Å²) in [5.74, 6) is -0.140. The average Bonchev–Trinajstić information content (AvgIpc) is 2.95. The Morgan fingerprint density at radius 2 is 0.795 bits per heavy atom. The quantitative estimate of drug-likeness (QED) is 0.0598. The highest BCUT2D eigenvalue weighted by Crippen LogP contribution is 2.14. The van der Waals surface area contributed by atoms with Gasteiger partial charge in [-0.15, -0.1) is 0 Å². The van der Waals surface area contributed by atoms with Gasteiger partial charge in [0.15, 0.2) is 0 Å². The van der Waals surface area contributed by atoms with Crippen molar-refractivity contribution in [2.24, 2.45) is 0 Å². The number of carbonyl (C=O) groups is 1. The first-order valence-corrected chi connectivity index (χ1v) is 17.7. The van der Waals surface area contributed by atoms with Crippen LogP contribution in [0.2, 0.25) is 0 Å². The van der Waals surface area contributed by atoms with Crippen molar-refractivity contribution in [3.63, 3.8) is 0 Å². The molecule has 0 atom stereocenters. The standard InChI is InChI=1S/C35H71NO3/c1-4-7-9-11-13-15-17-18-19-20-22-24-26-28-30-36(31-32-38-33-34-39-35(37)6-3)29-27-25-23-21-16-14-12-10-8-5-2/h4-34H2,1-3H3. The number of hydrogen-bond donors (Lipinski definition) is 0. The number of rotatable bonds is 33. The van der Waals surface area contributed by atoms with Gasteiger partial charge in [0, 0.05) is 13.0 Å². The molecule has 0 fully saturated rings. The van der Waals surface area contributed by atoms with Crippen molar-refractivity contribution in [3.8, 4) is 0 Å².